The van der Waals surface area contributed by atoms with Crippen molar-refractivity contribution < 1.29 is 9.59 Å². The maximum Gasteiger partial charge on any atom is 0.244 e. The quantitative estimate of drug-likeness (QED) is 0.475. The number of nitrogens with zero attached hydrogens (tertiary/aromatic N) is 3. The molecule has 0 unspecified atom stereocenters. The molecule has 0 N–H and O–H groups in total. The summed E-state index contributed by atoms with van der Waals surface area (Å²) in [7, 11) is 0. The molecule has 0 bridgehead atoms. The van der Waals surface area contributed by atoms with Crippen molar-refractivity contribution in [2.45, 2.75) is 19.8 Å². The first-order chi connectivity index (χ1) is 6.65. The van der Waals surface area contributed by atoms with E-state index in [4.69, 9.17) is 0 Å². The van der Waals surface area contributed by atoms with Crippen LogP contribution >= 0.6 is 0 Å². The number of hydrogen-bond acceptors (Lipinski definition) is 3. The summed E-state index contributed by atoms with van der Waals surface area (Å²) in [5.74, 6) is -0.308. The number of carbonyl (C=O) groups excluding carboxylic acids is 2. The SMILES string of the molecule is C=NN(CC(=O)N1CCCC1)C(C)=O. The molecule has 1 fully saturated rings. The highest BCUT2D eigenvalue weighted by molar-refractivity contribution is 5.83. The summed E-state index contributed by atoms with van der Waals surface area (Å²) in [6.45, 7) is 6.21. The first-order valence-corrected chi connectivity index (χ1v) is 4.67. The predicted octanol–water partition coefficient (Wildman–Crippen LogP) is 0.0729. The maximum atomic E-state index is 11.6. The number of hydrogen-bond donors (Lipinski definition) is 0. The molecule has 0 spiro atoms. The number of likely N-dealkylation sites (tertiary alicyclic amines) is 1. The van der Waals surface area contributed by atoms with Gasteiger partial charge in [-0.1, -0.05) is 0 Å². The van der Waals surface area contributed by atoms with E-state index in [-0.39, 0.29) is 18.4 Å². The number of amides is 2. The molecule has 1 aliphatic rings. The molecule has 1 saturated heterocycles. The zero-order valence-corrected chi connectivity index (χ0v) is 8.40. The molecule has 0 atom stereocenters. The molecule has 1 rings (SSSR count). The van der Waals surface area contributed by atoms with Gasteiger partial charge in [-0.15, -0.1) is 0 Å². The Labute approximate surface area is 83.4 Å². The van der Waals surface area contributed by atoms with E-state index in [0.717, 1.165) is 30.9 Å². The van der Waals surface area contributed by atoms with Gasteiger partial charge in [-0.2, -0.15) is 5.10 Å². The Kier molecular flexibility index (Phi) is 3.62. The van der Waals surface area contributed by atoms with Crippen molar-refractivity contribution in [2.75, 3.05) is 19.6 Å². The van der Waals surface area contributed by atoms with Gasteiger partial charge < -0.3 is 4.90 Å². The first-order valence-electron chi connectivity index (χ1n) is 4.67. The highest BCUT2D eigenvalue weighted by Gasteiger charge is 2.20. The topological polar surface area (TPSA) is 53.0 Å². The van der Waals surface area contributed by atoms with Gasteiger partial charge in [0, 0.05) is 26.7 Å². The fourth-order valence-corrected chi connectivity index (χ4v) is 1.46. The molecule has 2 amide bonds. The second-order valence-electron chi connectivity index (χ2n) is 3.31. The Hall–Kier alpha value is -1.39. The van der Waals surface area contributed by atoms with Crippen molar-refractivity contribution in [1.82, 2.24) is 9.91 Å². The smallest absolute Gasteiger partial charge is 0.244 e. The lowest BCUT2D eigenvalue weighted by Crippen LogP contribution is -2.38. The molecule has 0 aromatic heterocycles. The largest absolute Gasteiger partial charge is 0.341 e. The molecular weight excluding hydrogens is 182 g/mol. The first kappa shape index (κ1) is 10.7. The summed E-state index contributed by atoms with van der Waals surface area (Å²) in [6, 6.07) is 0. The van der Waals surface area contributed by atoms with Crippen molar-refractivity contribution in [2.24, 2.45) is 5.10 Å². The van der Waals surface area contributed by atoms with E-state index in [1.54, 1.807) is 4.90 Å². The molecule has 0 aromatic carbocycles. The van der Waals surface area contributed by atoms with Crippen LogP contribution in [0.5, 0.6) is 0 Å². The van der Waals surface area contributed by atoms with Crippen molar-refractivity contribution >= 4 is 18.5 Å². The Morgan fingerprint density at radius 3 is 2.43 bits per heavy atom. The molecule has 5 nitrogen and oxygen atoms in total. The van der Waals surface area contributed by atoms with Gasteiger partial charge in [0.2, 0.25) is 11.8 Å². The van der Waals surface area contributed by atoms with E-state index in [9.17, 15) is 9.59 Å². The lowest BCUT2D eigenvalue weighted by Gasteiger charge is -2.19. The fraction of sp³-hybridized carbons (Fsp3) is 0.667. The Bertz CT molecular complexity index is 246. The van der Waals surface area contributed by atoms with Crippen LogP contribution in [0.25, 0.3) is 0 Å². The third-order valence-corrected chi connectivity index (χ3v) is 2.28. The van der Waals surface area contributed by atoms with E-state index in [2.05, 4.69) is 11.8 Å². The third kappa shape index (κ3) is 2.55. The molecule has 78 valence electrons. The fourth-order valence-electron chi connectivity index (χ4n) is 1.46. The third-order valence-electron chi connectivity index (χ3n) is 2.28. The van der Waals surface area contributed by atoms with Crippen molar-refractivity contribution in [3.05, 3.63) is 0 Å². The van der Waals surface area contributed by atoms with Crippen LogP contribution in [0.4, 0.5) is 0 Å². The van der Waals surface area contributed by atoms with Crippen LogP contribution in [-0.2, 0) is 9.59 Å². The summed E-state index contributed by atoms with van der Waals surface area (Å²) in [5.41, 5.74) is 0. The van der Waals surface area contributed by atoms with Gasteiger partial charge in [0.15, 0.2) is 0 Å². The van der Waals surface area contributed by atoms with Crippen molar-refractivity contribution in [3.8, 4) is 0 Å². The van der Waals surface area contributed by atoms with Crippen LogP contribution in [0.3, 0.4) is 0 Å². The second kappa shape index (κ2) is 4.74. The van der Waals surface area contributed by atoms with E-state index in [1.165, 1.54) is 6.92 Å². The van der Waals surface area contributed by atoms with Crippen LogP contribution in [0.2, 0.25) is 0 Å². The molecule has 5 heteroatoms. The van der Waals surface area contributed by atoms with Crippen LogP contribution in [0.1, 0.15) is 19.8 Å². The average Bonchev–Trinajstić information content (AvgIpc) is 2.65. The summed E-state index contributed by atoms with van der Waals surface area (Å²) >= 11 is 0. The van der Waals surface area contributed by atoms with Gasteiger partial charge in [-0.05, 0) is 12.8 Å². The molecular formula is C9H15N3O2. The van der Waals surface area contributed by atoms with Gasteiger partial charge in [0.25, 0.3) is 0 Å². The number of carbonyl (C=O) groups is 2. The van der Waals surface area contributed by atoms with Crippen LogP contribution < -0.4 is 0 Å². The summed E-state index contributed by atoms with van der Waals surface area (Å²) < 4.78 is 0. The minimum Gasteiger partial charge on any atom is -0.341 e. The van der Waals surface area contributed by atoms with Crippen LogP contribution in [-0.4, -0.2) is 48.1 Å². The highest BCUT2D eigenvalue weighted by atomic mass is 16.2. The lowest BCUT2D eigenvalue weighted by atomic mass is 10.4. The van der Waals surface area contributed by atoms with Crippen molar-refractivity contribution in [3.63, 3.8) is 0 Å². The second-order valence-corrected chi connectivity index (χ2v) is 3.31. The van der Waals surface area contributed by atoms with E-state index >= 15 is 0 Å². The molecule has 0 saturated carbocycles. The lowest BCUT2D eigenvalue weighted by molar-refractivity contribution is -0.138. The zero-order chi connectivity index (χ0) is 10.6. The van der Waals surface area contributed by atoms with Gasteiger partial charge in [-0.3, -0.25) is 9.59 Å². The molecule has 1 aliphatic heterocycles. The Balaban J connectivity index is 2.45. The van der Waals surface area contributed by atoms with Gasteiger partial charge in [0.05, 0.1) is 0 Å². The maximum absolute atomic E-state index is 11.6. The van der Waals surface area contributed by atoms with Gasteiger partial charge >= 0.3 is 0 Å². The molecule has 0 aromatic rings. The molecule has 1 heterocycles. The van der Waals surface area contributed by atoms with Crippen LogP contribution in [0, 0.1) is 0 Å². The predicted molar refractivity (Wildman–Crippen MR) is 52.8 cm³/mol. The standard InChI is InChI=1S/C9H15N3O2/c1-8(13)12(10-2)7-9(14)11-5-3-4-6-11/h2-7H2,1H3. The minimum absolute atomic E-state index is 0.0127. The van der Waals surface area contributed by atoms with Gasteiger partial charge in [-0.25, -0.2) is 5.01 Å². The van der Waals surface area contributed by atoms with Gasteiger partial charge in [0.1, 0.15) is 6.54 Å². The molecule has 14 heavy (non-hydrogen) atoms. The number of hydrazone groups is 1. The summed E-state index contributed by atoms with van der Waals surface area (Å²) in [6.07, 6.45) is 2.10. The molecule has 0 radical (unpaired) electrons. The average molecular weight is 197 g/mol. The number of rotatable bonds is 3. The van der Waals surface area contributed by atoms with E-state index < -0.39 is 0 Å². The van der Waals surface area contributed by atoms with Crippen LogP contribution in [0.15, 0.2) is 5.10 Å². The van der Waals surface area contributed by atoms with E-state index in [1.807, 2.05) is 0 Å². The normalized spacial score (nSPS) is 15.4. The van der Waals surface area contributed by atoms with E-state index in [0.29, 0.717) is 0 Å². The summed E-state index contributed by atoms with van der Waals surface area (Å²) in [5, 5.41) is 4.57. The van der Waals surface area contributed by atoms with Crippen molar-refractivity contribution in [1.29, 1.82) is 0 Å². The summed E-state index contributed by atoms with van der Waals surface area (Å²) in [4.78, 5) is 24.3. The monoisotopic (exact) mass is 197 g/mol. The molecule has 0 aliphatic carbocycles. The Morgan fingerprint density at radius 2 is 2.00 bits per heavy atom. The Morgan fingerprint density at radius 1 is 1.43 bits per heavy atom. The minimum atomic E-state index is -0.257. The zero-order valence-electron chi connectivity index (χ0n) is 8.40. The highest BCUT2D eigenvalue weighted by Crippen LogP contribution is 2.08.